The number of hydrogen-bond donors (Lipinski definition) is 0. The summed E-state index contributed by atoms with van der Waals surface area (Å²) < 4.78 is 5.32. The quantitative estimate of drug-likeness (QED) is 0.547. The molecule has 0 N–H and O–H groups in total. The van der Waals surface area contributed by atoms with Gasteiger partial charge in [-0.25, -0.2) is 5.32 Å². The van der Waals surface area contributed by atoms with Crippen LogP contribution >= 0.6 is 0 Å². The van der Waals surface area contributed by atoms with Gasteiger partial charge in [0.25, 0.3) is 0 Å². The monoisotopic (exact) mass is 128 g/mol. The van der Waals surface area contributed by atoms with Gasteiger partial charge < -0.3 is 4.74 Å². The summed E-state index contributed by atoms with van der Waals surface area (Å²) in [7, 11) is 0. The average molecular weight is 128 g/mol. The zero-order valence-corrected chi connectivity index (χ0v) is 5.97. The molecule has 1 atom stereocenters. The minimum absolute atomic E-state index is 0.226. The Balaban J connectivity index is 2.08. The first-order valence-corrected chi connectivity index (χ1v) is 3.71. The normalized spacial score (nSPS) is 28.3. The van der Waals surface area contributed by atoms with E-state index >= 15 is 0 Å². The number of nitrogens with zero attached hydrogens (tertiary/aromatic N) is 1. The minimum Gasteiger partial charge on any atom is -0.362 e. The van der Waals surface area contributed by atoms with Gasteiger partial charge >= 0.3 is 0 Å². The zero-order valence-electron chi connectivity index (χ0n) is 5.97. The molecule has 1 heterocycles. The second kappa shape index (κ2) is 3.85. The maximum absolute atomic E-state index is 5.32. The Bertz CT molecular complexity index is 66.6. The number of ether oxygens (including phenoxy) is 1. The summed E-state index contributed by atoms with van der Waals surface area (Å²) in [5.74, 6) is 0. The van der Waals surface area contributed by atoms with Gasteiger partial charge in [0.15, 0.2) is 0 Å². The maximum Gasteiger partial charge on any atom is 0.123 e. The van der Waals surface area contributed by atoms with E-state index in [-0.39, 0.29) is 6.23 Å². The van der Waals surface area contributed by atoms with Crippen LogP contribution in [0, 0.1) is 0 Å². The van der Waals surface area contributed by atoms with Crippen molar-refractivity contribution < 1.29 is 4.74 Å². The smallest absolute Gasteiger partial charge is 0.123 e. The van der Waals surface area contributed by atoms with Gasteiger partial charge in [0.1, 0.15) is 6.23 Å². The van der Waals surface area contributed by atoms with Crippen LogP contribution < -0.4 is 5.32 Å². The summed E-state index contributed by atoms with van der Waals surface area (Å²) in [6.45, 7) is 3.82. The number of piperidine rings is 1. The van der Waals surface area contributed by atoms with Gasteiger partial charge in [0.2, 0.25) is 0 Å². The summed E-state index contributed by atoms with van der Waals surface area (Å²) in [6, 6.07) is 0. The Morgan fingerprint density at radius 2 is 2.44 bits per heavy atom. The molecule has 1 rings (SSSR count). The third-order valence-electron chi connectivity index (χ3n) is 1.55. The minimum atomic E-state index is 0.226. The third kappa shape index (κ3) is 2.33. The van der Waals surface area contributed by atoms with Crippen LogP contribution in [0.1, 0.15) is 26.2 Å². The Hall–Kier alpha value is -0.0800. The van der Waals surface area contributed by atoms with Crippen LogP contribution in [-0.2, 0) is 4.74 Å². The van der Waals surface area contributed by atoms with Crippen molar-refractivity contribution in [2.75, 3.05) is 13.2 Å². The summed E-state index contributed by atoms with van der Waals surface area (Å²) >= 11 is 0. The topological polar surface area (TPSA) is 23.3 Å². The largest absolute Gasteiger partial charge is 0.362 e. The third-order valence-corrected chi connectivity index (χ3v) is 1.55. The molecule has 0 saturated carbocycles. The SMILES string of the molecule is CCOC1CCCC[N]1. The fourth-order valence-corrected chi connectivity index (χ4v) is 1.09. The molecule has 1 aliphatic rings. The van der Waals surface area contributed by atoms with E-state index in [4.69, 9.17) is 4.74 Å². The van der Waals surface area contributed by atoms with Gasteiger partial charge in [-0.15, -0.1) is 0 Å². The fraction of sp³-hybridized carbons (Fsp3) is 1.00. The van der Waals surface area contributed by atoms with E-state index in [9.17, 15) is 0 Å². The molecule has 0 aromatic heterocycles. The molecule has 2 heteroatoms. The molecule has 0 aliphatic carbocycles. The van der Waals surface area contributed by atoms with E-state index < -0.39 is 0 Å². The summed E-state index contributed by atoms with van der Waals surface area (Å²) in [6.07, 6.45) is 3.90. The van der Waals surface area contributed by atoms with Crippen LogP contribution in [0.5, 0.6) is 0 Å². The van der Waals surface area contributed by atoms with Crippen molar-refractivity contribution in [2.24, 2.45) is 0 Å². The van der Waals surface area contributed by atoms with Crippen LogP contribution in [-0.4, -0.2) is 19.4 Å². The van der Waals surface area contributed by atoms with Gasteiger partial charge in [0, 0.05) is 13.2 Å². The molecule has 0 bridgehead atoms. The van der Waals surface area contributed by atoms with Crippen LogP contribution in [0.3, 0.4) is 0 Å². The van der Waals surface area contributed by atoms with Crippen molar-refractivity contribution >= 4 is 0 Å². The molecule has 1 saturated heterocycles. The highest BCUT2D eigenvalue weighted by atomic mass is 16.5. The van der Waals surface area contributed by atoms with E-state index in [1.54, 1.807) is 0 Å². The predicted octanol–water partition coefficient (Wildman–Crippen LogP) is 1.14. The van der Waals surface area contributed by atoms with Gasteiger partial charge in [0.05, 0.1) is 0 Å². The molecule has 0 amide bonds. The molecule has 1 radical (unpaired) electrons. The second-order valence-electron chi connectivity index (χ2n) is 2.31. The van der Waals surface area contributed by atoms with Crippen LogP contribution in [0.15, 0.2) is 0 Å². The van der Waals surface area contributed by atoms with Crippen LogP contribution in [0.25, 0.3) is 0 Å². The molecule has 1 fully saturated rings. The predicted molar refractivity (Wildman–Crippen MR) is 36.3 cm³/mol. The molecule has 0 aromatic carbocycles. The first-order valence-electron chi connectivity index (χ1n) is 3.71. The lowest BCUT2D eigenvalue weighted by molar-refractivity contribution is 0.0172. The van der Waals surface area contributed by atoms with Gasteiger partial charge in [-0.3, -0.25) is 0 Å². The summed E-state index contributed by atoms with van der Waals surface area (Å²) in [4.78, 5) is 0. The van der Waals surface area contributed by atoms with Crippen molar-refractivity contribution in [3.8, 4) is 0 Å². The lowest BCUT2D eigenvalue weighted by atomic mass is 10.1. The first kappa shape index (κ1) is 7.03. The lowest BCUT2D eigenvalue weighted by Crippen LogP contribution is -2.30. The van der Waals surface area contributed by atoms with Gasteiger partial charge in [-0.05, 0) is 26.2 Å². The maximum atomic E-state index is 5.32. The molecule has 1 aliphatic heterocycles. The molecular weight excluding hydrogens is 114 g/mol. The van der Waals surface area contributed by atoms with Crippen molar-refractivity contribution in [1.29, 1.82) is 0 Å². The summed E-state index contributed by atoms with van der Waals surface area (Å²) in [5, 5.41) is 4.30. The summed E-state index contributed by atoms with van der Waals surface area (Å²) in [5.41, 5.74) is 0. The second-order valence-corrected chi connectivity index (χ2v) is 2.31. The fourth-order valence-electron chi connectivity index (χ4n) is 1.09. The van der Waals surface area contributed by atoms with E-state index in [0.29, 0.717) is 0 Å². The van der Waals surface area contributed by atoms with E-state index in [0.717, 1.165) is 19.6 Å². The average Bonchev–Trinajstić information content (AvgIpc) is 1.91. The highest BCUT2D eigenvalue weighted by Gasteiger charge is 2.12. The molecule has 1 unspecified atom stereocenters. The van der Waals surface area contributed by atoms with E-state index in [1.165, 1.54) is 12.8 Å². The molecule has 0 aromatic rings. The Morgan fingerprint density at radius 3 is 3.00 bits per heavy atom. The first-order chi connectivity index (χ1) is 4.43. The molecule has 0 spiro atoms. The van der Waals surface area contributed by atoms with Crippen molar-refractivity contribution in [3.05, 3.63) is 0 Å². The standard InChI is InChI=1S/C7H14NO/c1-2-9-7-5-3-4-6-8-7/h7H,2-6H2,1H3. The van der Waals surface area contributed by atoms with Crippen molar-refractivity contribution in [1.82, 2.24) is 5.32 Å². The molecule has 9 heavy (non-hydrogen) atoms. The molecular formula is C7H14NO. The Labute approximate surface area is 56.6 Å². The highest BCUT2D eigenvalue weighted by Crippen LogP contribution is 2.08. The Kier molecular flexibility index (Phi) is 3.01. The van der Waals surface area contributed by atoms with Crippen LogP contribution in [0.4, 0.5) is 0 Å². The highest BCUT2D eigenvalue weighted by molar-refractivity contribution is 4.62. The van der Waals surface area contributed by atoms with Crippen molar-refractivity contribution in [3.63, 3.8) is 0 Å². The number of hydrogen-bond acceptors (Lipinski definition) is 1. The van der Waals surface area contributed by atoms with E-state index in [1.807, 2.05) is 6.92 Å². The number of rotatable bonds is 2. The Morgan fingerprint density at radius 1 is 1.56 bits per heavy atom. The molecule has 2 nitrogen and oxygen atoms in total. The van der Waals surface area contributed by atoms with Gasteiger partial charge in [-0.2, -0.15) is 0 Å². The van der Waals surface area contributed by atoms with Gasteiger partial charge in [-0.1, -0.05) is 0 Å². The lowest BCUT2D eigenvalue weighted by Gasteiger charge is -2.20. The van der Waals surface area contributed by atoms with Crippen molar-refractivity contribution in [2.45, 2.75) is 32.4 Å². The van der Waals surface area contributed by atoms with Crippen LogP contribution in [0.2, 0.25) is 0 Å². The van der Waals surface area contributed by atoms with E-state index in [2.05, 4.69) is 5.32 Å². The zero-order chi connectivity index (χ0) is 6.53. The molecule has 53 valence electrons.